The Labute approximate surface area is 375 Å². The first kappa shape index (κ1) is 58.9. The Morgan fingerprint density at radius 2 is 0.700 bits per heavy atom. The summed E-state index contributed by atoms with van der Waals surface area (Å²) < 4.78 is 5.95. The molecule has 0 aromatic heterocycles. The molecule has 0 saturated carbocycles. The van der Waals surface area contributed by atoms with Crippen LogP contribution in [0, 0.1) is 0 Å². The highest BCUT2D eigenvalue weighted by Crippen LogP contribution is 2.19. The van der Waals surface area contributed by atoms with Crippen molar-refractivity contribution in [3.05, 3.63) is 0 Å². The van der Waals surface area contributed by atoms with Crippen LogP contribution in [0.3, 0.4) is 0 Å². The molecule has 0 aromatic rings. The number of aliphatic hydroxyl groups is 2. The average molecular weight is 850 g/mol. The summed E-state index contributed by atoms with van der Waals surface area (Å²) >= 11 is 0. The summed E-state index contributed by atoms with van der Waals surface area (Å²) in [5.74, 6) is -0.448. The first-order chi connectivity index (χ1) is 29.5. The molecular formula is C54H107NO5. The quantitative estimate of drug-likeness (QED) is 0.0419. The second-order valence-corrected chi connectivity index (χ2v) is 19.0. The highest BCUT2D eigenvalue weighted by Gasteiger charge is 2.24. The first-order valence-corrected chi connectivity index (χ1v) is 27.3. The van der Waals surface area contributed by atoms with E-state index in [0.717, 1.165) is 38.5 Å². The molecule has 60 heavy (non-hydrogen) atoms. The standard InChI is InChI=1S/C54H107NO5/c1-4-7-10-13-16-19-22-24-26-27-28-31-33-36-39-42-45-50(60-54(59)47-44-41-38-35-32-29-25-23-20-17-14-11-8-5-2)48-53(58)55-51(49-56)52(57)46-43-40-37-34-30-21-18-15-12-9-6-3/h50-52,56-57H,4-49H2,1-3H3,(H,55,58). The second kappa shape index (κ2) is 48.9. The zero-order chi connectivity index (χ0) is 43.8. The van der Waals surface area contributed by atoms with Crippen molar-refractivity contribution < 1.29 is 24.5 Å². The number of nitrogens with one attached hydrogen (secondary N) is 1. The van der Waals surface area contributed by atoms with Gasteiger partial charge >= 0.3 is 5.97 Å². The molecule has 0 rings (SSSR count). The van der Waals surface area contributed by atoms with E-state index in [1.54, 1.807) is 0 Å². The van der Waals surface area contributed by atoms with Crippen LogP contribution in [0.5, 0.6) is 0 Å². The highest BCUT2D eigenvalue weighted by atomic mass is 16.5. The van der Waals surface area contributed by atoms with E-state index >= 15 is 0 Å². The van der Waals surface area contributed by atoms with Gasteiger partial charge in [-0.15, -0.1) is 0 Å². The maximum atomic E-state index is 13.2. The van der Waals surface area contributed by atoms with E-state index < -0.39 is 18.2 Å². The molecule has 0 aliphatic heterocycles. The molecule has 0 saturated heterocycles. The Kier molecular flexibility index (Phi) is 48.0. The van der Waals surface area contributed by atoms with Gasteiger partial charge in [-0.05, 0) is 25.7 Å². The van der Waals surface area contributed by atoms with E-state index in [1.807, 2.05) is 0 Å². The molecule has 3 atom stereocenters. The number of rotatable bonds is 50. The van der Waals surface area contributed by atoms with Gasteiger partial charge < -0.3 is 20.3 Å². The van der Waals surface area contributed by atoms with Gasteiger partial charge in [0.15, 0.2) is 0 Å². The van der Waals surface area contributed by atoms with Crippen molar-refractivity contribution in [3.8, 4) is 0 Å². The molecule has 0 radical (unpaired) electrons. The Balaban J connectivity index is 4.51. The van der Waals surface area contributed by atoms with Crippen LogP contribution < -0.4 is 5.32 Å². The van der Waals surface area contributed by atoms with Crippen LogP contribution >= 0.6 is 0 Å². The minimum atomic E-state index is -0.779. The second-order valence-electron chi connectivity index (χ2n) is 19.0. The molecule has 0 aromatic carbocycles. The fourth-order valence-corrected chi connectivity index (χ4v) is 8.79. The van der Waals surface area contributed by atoms with Crippen molar-refractivity contribution in [1.82, 2.24) is 5.32 Å². The number of hydrogen-bond acceptors (Lipinski definition) is 5. The molecular weight excluding hydrogens is 743 g/mol. The summed E-state index contributed by atoms with van der Waals surface area (Å²) in [6, 6.07) is -0.692. The molecule has 6 heteroatoms. The minimum absolute atomic E-state index is 0.0882. The molecule has 0 bridgehead atoms. The van der Waals surface area contributed by atoms with E-state index in [1.165, 1.54) is 225 Å². The Morgan fingerprint density at radius 3 is 1.02 bits per heavy atom. The number of hydrogen-bond donors (Lipinski definition) is 3. The van der Waals surface area contributed by atoms with Gasteiger partial charge in [-0.25, -0.2) is 0 Å². The van der Waals surface area contributed by atoms with Gasteiger partial charge in [-0.3, -0.25) is 9.59 Å². The zero-order valence-electron chi connectivity index (χ0n) is 40.9. The molecule has 0 fully saturated rings. The van der Waals surface area contributed by atoms with E-state index in [-0.39, 0.29) is 24.9 Å². The Bertz CT molecular complexity index is 867. The fourth-order valence-electron chi connectivity index (χ4n) is 8.79. The third kappa shape index (κ3) is 43.5. The van der Waals surface area contributed by atoms with Gasteiger partial charge in [-0.2, -0.15) is 0 Å². The summed E-state index contributed by atoms with van der Waals surface area (Å²) in [6.07, 6.45) is 53.1. The normalized spacial score (nSPS) is 13.1. The lowest BCUT2D eigenvalue weighted by Crippen LogP contribution is -2.46. The van der Waals surface area contributed by atoms with Crippen molar-refractivity contribution in [2.24, 2.45) is 0 Å². The van der Waals surface area contributed by atoms with Crippen LogP contribution in [0.25, 0.3) is 0 Å². The van der Waals surface area contributed by atoms with Gasteiger partial charge in [0.1, 0.15) is 6.10 Å². The van der Waals surface area contributed by atoms with Crippen LogP contribution in [0.15, 0.2) is 0 Å². The number of unbranched alkanes of at least 4 members (excludes halogenated alkanes) is 38. The Morgan fingerprint density at radius 1 is 0.417 bits per heavy atom. The number of carbonyl (C=O) groups is 2. The molecule has 1 amide bonds. The predicted octanol–water partition coefficient (Wildman–Crippen LogP) is 16.4. The van der Waals surface area contributed by atoms with Crippen molar-refractivity contribution in [3.63, 3.8) is 0 Å². The summed E-state index contributed by atoms with van der Waals surface area (Å²) in [7, 11) is 0. The molecule has 0 aliphatic carbocycles. The molecule has 358 valence electrons. The molecule has 0 heterocycles. The van der Waals surface area contributed by atoms with Crippen LogP contribution in [-0.4, -0.2) is 46.9 Å². The minimum Gasteiger partial charge on any atom is -0.462 e. The smallest absolute Gasteiger partial charge is 0.306 e. The Hall–Kier alpha value is -1.14. The van der Waals surface area contributed by atoms with Crippen molar-refractivity contribution in [1.29, 1.82) is 0 Å². The van der Waals surface area contributed by atoms with E-state index in [9.17, 15) is 19.8 Å². The fraction of sp³-hybridized carbons (Fsp3) is 0.963. The third-order valence-corrected chi connectivity index (χ3v) is 12.9. The summed E-state index contributed by atoms with van der Waals surface area (Å²) in [4.78, 5) is 26.2. The summed E-state index contributed by atoms with van der Waals surface area (Å²) in [5, 5.41) is 23.8. The van der Waals surface area contributed by atoms with Gasteiger partial charge in [0.05, 0.1) is 25.2 Å². The molecule has 6 nitrogen and oxygen atoms in total. The lowest BCUT2D eigenvalue weighted by atomic mass is 10.0. The highest BCUT2D eigenvalue weighted by molar-refractivity contribution is 5.77. The maximum absolute atomic E-state index is 13.2. The first-order valence-electron chi connectivity index (χ1n) is 27.3. The summed E-state index contributed by atoms with van der Waals surface area (Å²) in [5.41, 5.74) is 0. The average Bonchev–Trinajstić information content (AvgIpc) is 3.24. The van der Waals surface area contributed by atoms with Crippen LogP contribution in [-0.2, 0) is 14.3 Å². The van der Waals surface area contributed by atoms with Crippen molar-refractivity contribution in [2.45, 2.75) is 328 Å². The van der Waals surface area contributed by atoms with E-state index in [2.05, 4.69) is 26.1 Å². The van der Waals surface area contributed by atoms with Crippen molar-refractivity contribution >= 4 is 11.9 Å². The SMILES string of the molecule is CCCCCCCCCCCCCCCCCCC(CC(=O)NC(CO)C(O)CCCCCCCCCCCCC)OC(=O)CCCCCCCCCCCCCCCC. The molecule has 0 aliphatic rings. The number of amides is 1. The monoisotopic (exact) mass is 850 g/mol. The van der Waals surface area contributed by atoms with E-state index in [4.69, 9.17) is 4.74 Å². The largest absolute Gasteiger partial charge is 0.462 e. The van der Waals surface area contributed by atoms with Crippen LogP contribution in [0.2, 0.25) is 0 Å². The molecule has 3 N–H and O–H groups in total. The van der Waals surface area contributed by atoms with Gasteiger partial charge in [0.25, 0.3) is 0 Å². The lowest BCUT2D eigenvalue weighted by molar-refractivity contribution is -0.151. The van der Waals surface area contributed by atoms with Gasteiger partial charge in [0, 0.05) is 6.42 Å². The van der Waals surface area contributed by atoms with Crippen LogP contribution in [0.1, 0.15) is 310 Å². The summed E-state index contributed by atoms with van der Waals surface area (Å²) in [6.45, 7) is 6.52. The van der Waals surface area contributed by atoms with Gasteiger partial charge in [-0.1, -0.05) is 271 Å². The third-order valence-electron chi connectivity index (χ3n) is 12.9. The number of ether oxygens (including phenoxy) is 1. The zero-order valence-corrected chi connectivity index (χ0v) is 40.9. The van der Waals surface area contributed by atoms with Crippen molar-refractivity contribution in [2.75, 3.05) is 6.61 Å². The topological polar surface area (TPSA) is 95.9 Å². The van der Waals surface area contributed by atoms with E-state index in [0.29, 0.717) is 19.3 Å². The lowest BCUT2D eigenvalue weighted by Gasteiger charge is -2.24. The molecule has 3 unspecified atom stereocenters. The van der Waals surface area contributed by atoms with Gasteiger partial charge in [0.2, 0.25) is 5.91 Å². The number of carbonyl (C=O) groups excluding carboxylic acids is 2. The number of esters is 1. The number of aliphatic hydroxyl groups excluding tert-OH is 2. The predicted molar refractivity (Wildman–Crippen MR) is 260 cm³/mol. The maximum Gasteiger partial charge on any atom is 0.306 e. The van der Waals surface area contributed by atoms with Crippen LogP contribution in [0.4, 0.5) is 0 Å². The molecule has 0 spiro atoms.